The molecule has 1 aromatic rings. The number of morpholine rings is 1. The summed E-state index contributed by atoms with van der Waals surface area (Å²) >= 11 is 0. The Kier molecular flexibility index (Phi) is 7.76. The van der Waals surface area contributed by atoms with Gasteiger partial charge in [0, 0.05) is 64.3 Å². The van der Waals surface area contributed by atoms with Crippen molar-refractivity contribution in [3.63, 3.8) is 0 Å². The zero-order chi connectivity index (χ0) is 22.3. The molecule has 1 aromatic carbocycles. The Hall–Kier alpha value is -2.45. The minimum atomic E-state index is -0.155. The SMILES string of the molecule is O=C(NCc1ccc(N2CCCC2=O)cc1)[C@@H]1CCC(=O)N(CCCN2CCOCC2)C1. The maximum absolute atomic E-state index is 12.7. The van der Waals surface area contributed by atoms with Crippen molar-refractivity contribution in [1.29, 1.82) is 0 Å². The van der Waals surface area contributed by atoms with E-state index in [0.29, 0.717) is 38.9 Å². The molecular formula is C24H34N4O4. The highest BCUT2D eigenvalue weighted by molar-refractivity contribution is 5.95. The van der Waals surface area contributed by atoms with E-state index in [1.807, 2.05) is 34.1 Å². The van der Waals surface area contributed by atoms with Gasteiger partial charge < -0.3 is 19.9 Å². The average Bonchev–Trinajstić information content (AvgIpc) is 3.25. The zero-order valence-electron chi connectivity index (χ0n) is 18.8. The van der Waals surface area contributed by atoms with Gasteiger partial charge in [-0.05, 0) is 37.0 Å². The van der Waals surface area contributed by atoms with Gasteiger partial charge in [-0.15, -0.1) is 0 Å². The monoisotopic (exact) mass is 442 g/mol. The molecule has 32 heavy (non-hydrogen) atoms. The Balaban J connectivity index is 1.21. The van der Waals surface area contributed by atoms with Crippen LogP contribution in [0.4, 0.5) is 5.69 Å². The van der Waals surface area contributed by atoms with Gasteiger partial charge >= 0.3 is 0 Å². The number of hydrogen-bond donors (Lipinski definition) is 1. The zero-order valence-corrected chi connectivity index (χ0v) is 18.8. The molecule has 8 heteroatoms. The normalized spacial score (nSPS) is 22.4. The number of piperidine rings is 1. The minimum Gasteiger partial charge on any atom is -0.379 e. The topological polar surface area (TPSA) is 82.2 Å². The third kappa shape index (κ3) is 5.86. The first-order valence-corrected chi connectivity index (χ1v) is 11.8. The first-order valence-electron chi connectivity index (χ1n) is 11.8. The molecule has 3 saturated heterocycles. The average molecular weight is 443 g/mol. The predicted octanol–water partition coefficient (Wildman–Crippen LogP) is 1.39. The first-order chi connectivity index (χ1) is 15.6. The van der Waals surface area contributed by atoms with Crippen LogP contribution in [0.2, 0.25) is 0 Å². The highest BCUT2D eigenvalue weighted by Gasteiger charge is 2.30. The second-order valence-electron chi connectivity index (χ2n) is 8.92. The summed E-state index contributed by atoms with van der Waals surface area (Å²) in [5.74, 6) is 0.183. The van der Waals surface area contributed by atoms with Gasteiger partial charge in [0.1, 0.15) is 0 Å². The number of nitrogens with zero attached hydrogens (tertiary/aromatic N) is 3. The smallest absolute Gasteiger partial charge is 0.227 e. The number of benzene rings is 1. The molecule has 3 heterocycles. The molecule has 3 aliphatic rings. The number of amides is 3. The van der Waals surface area contributed by atoms with Crippen molar-refractivity contribution in [3.05, 3.63) is 29.8 Å². The van der Waals surface area contributed by atoms with Crippen molar-refractivity contribution in [1.82, 2.24) is 15.1 Å². The van der Waals surface area contributed by atoms with Gasteiger partial charge in [0.25, 0.3) is 0 Å². The Morgan fingerprint density at radius 3 is 2.50 bits per heavy atom. The molecule has 1 atom stereocenters. The molecule has 3 fully saturated rings. The second-order valence-corrected chi connectivity index (χ2v) is 8.92. The largest absolute Gasteiger partial charge is 0.379 e. The highest BCUT2D eigenvalue weighted by atomic mass is 16.5. The minimum absolute atomic E-state index is 0.00877. The number of carbonyl (C=O) groups is 3. The number of likely N-dealkylation sites (tertiary alicyclic amines) is 1. The Morgan fingerprint density at radius 1 is 1.00 bits per heavy atom. The number of carbonyl (C=O) groups excluding carboxylic acids is 3. The van der Waals surface area contributed by atoms with Crippen LogP contribution in [-0.4, -0.2) is 80.0 Å². The Labute approximate surface area is 189 Å². The van der Waals surface area contributed by atoms with Gasteiger partial charge in [0.15, 0.2) is 0 Å². The number of anilines is 1. The molecule has 0 spiro atoms. The van der Waals surface area contributed by atoms with E-state index in [-0.39, 0.29) is 23.6 Å². The molecule has 1 N–H and O–H groups in total. The number of ether oxygens (including phenoxy) is 1. The van der Waals surface area contributed by atoms with Crippen LogP contribution in [0, 0.1) is 5.92 Å². The van der Waals surface area contributed by atoms with Crippen LogP contribution in [0.15, 0.2) is 24.3 Å². The molecular weight excluding hydrogens is 408 g/mol. The quantitative estimate of drug-likeness (QED) is 0.658. The van der Waals surface area contributed by atoms with E-state index in [9.17, 15) is 14.4 Å². The molecule has 0 saturated carbocycles. The van der Waals surface area contributed by atoms with Crippen LogP contribution in [0.1, 0.15) is 37.7 Å². The predicted molar refractivity (Wildman–Crippen MR) is 121 cm³/mol. The van der Waals surface area contributed by atoms with Gasteiger partial charge in [0.05, 0.1) is 19.1 Å². The van der Waals surface area contributed by atoms with Crippen LogP contribution in [-0.2, 0) is 25.7 Å². The number of hydrogen-bond acceptors (Lipinski definition) is 5. The van der Waals surface area contributed by atoms with E-state index < -0.39 is 0 Å². The molecule has 0 radical (unpaired) electrons. The van der Waals surface area contributed by atoms with E-state index in [1.54, 1.807) is 0 Å². The second kappa shape index (κ2) is 10.9. The van der Waals surface area contributed by atoms with E-state index in [4.69, 9.17) is 4.74 Å². The molecule has 3 aliphatic heterocycles. The van der Waals surface area contributed by atoms with Gasteiger partial charge in [-0.3, -0.25) is 19.3 Å². The van der Waals surface area contributed by atoms with Crippen LogP contribution in [0.3, 0.4) is 0 Å². The van der Waals surface area contributed by atoms with Crippen molar-refractivity contribution in [2.45, 2.75) is 38.6 Å². The van der Waals surface area contributed by atoms with E-state index >= 15 is 0 Å². The molecule has 0 aromatic heterocycles. The summed E-state index contributed by atoms with van der Waals surface area (Å²) in [6, 6.07) is 7.81. The summed E-state index contributed by atoms with van der Waals surface area (Å²) in [5, 5.41) is 3.03. The summed E-state index contributed by atoms with van der Waals surface area (Å²) in [4.78, 5) is 43.0. The summed E-state index contributed by atoms with van der Waals surface area (Å²) in [6.07, 6.45) is 3.50. The fraction of sp³-hybridized carbons (Fsp3) is 0.625. The summed E-state index contributed by atoms with van der Waals surface area (Å²) in [7, 11) is 0. The van der Waals surface area contributed by atoms with Gasteiger partial charge in [-0.25, -0.2) is 0 Å². The third-order valence-corrected chi connectivity index (χ3v) is 6.67. The van der Waals surface area contributed by atoms with Crippen molar-refractivity contribution < 1.29 is 19.1 Å². The Bertz CT molecular complexity index is 807. The number of rotatable bonds is 8. The van der Waals surface area contributed by atoms with Crippen molar-refractivity contribution >= 4 is 23.4 Å². The molecule has 3 amide bonds. The lowest BCUT2D eigenvalue weighted by molar-refractivity contribution is -0.138. The van der Waals surface area contributed by atoms with Gasteiger partial charge in [0.2, 0.25) is 17.7 Å². The maximum Gasteiger partial charge on any atom is 0.227 e. The summed E-state index contributed by atoms with van der Waals surface area (Å²) < 4.78 is 5.38. The molecule has 8 nitrogen and oxygen atoms in total. The first kappa shape index (κ1) is 22.7. The molecule has 0 bridgehead atoms. The maximum atomic E-state index is 12.7. The molecule has 0 aliphatic carbocycles. The summed E-state index contributed by atoms with van der Waals surface area (Å²) in [6.45, 7) is 6.87. The van der Waals surface area contributed by atoms with Crippen LogP contribution in [0.25, 0.3) is 0 Å². The van der Waals surface area contributed by atoms with Crippen molar-refractivity contribution in [3.8, 4) is 0 Å². The van der Waals surface area contributed by atoms with Gasteiger partial charge in [-0.2, -0.15) is 0 Å². The number of nitrogens with one attached hydrogen (secondary N) is 1. The fourth-order valence-corrected chi connectivity index (χ4v) is 4.70. The highest BCUT2D eigenvalue weighted by Crippen LogP contribution is 2.22. The third-order valence-electron chi connectivity index (χ3n) is 6.67. The molecule has 0 unspecified atom stereocenters. The lowest BCUT2D eigenvalue weighted by Gasteiger charge is -2.33. The lowest BCUT2D eigenvalue weighted by Crippen LogP contribution is -2.46. The van der Waals surface area contributed by atoms with E-state index in [2.05, 4.69) is 10.2 Å². The van der Waals surface area contributed by atoms with Crippen molar-refractivity contribution in [2.75, 3.05) is 57.4 Å². The van der Waals surface area contributed by atoms with Crippen molar-refractivity contribution in [2.24, 2.45) is 5.92 Å². The Morgan fingerprint density at radius 2 is 1.78 bits per heavy atom. The van der Waals surface area contributed by atoms with Crippen LogP contribution in [0.5, 0.6) is 0 Å². The van der Waals surface area contributed by atoms with E-state index in [1.165, 1.54) is 0 Å². The lowest BCUT2D eigenvalue weighted by atomic mass is 9.96. The van der Waals surface area contributed by atoms with Crippen LogP contribution < -0.4 is 10.2 Å². The fourth-order valence-electron chi connectivity index (χ4n) is 4.70. The van der Waals surface area contributed by atoms with Crippen LogP contribution >= 0.6 is 0 Å². The van der Waals surface area contributed by atoms with E-state index in [0.717, 1.165) is 63.5 Å². The van der Waals surface area contributed by atoms with Gasteiger partial charge in [-0.1, -0.05) is 12.1 Å². The molecule has 4 rings (SSSR count). The standard InChI is InChI=1S/C24H34N4O4/c29-22-9-6-20(18-27(22)11-2-10-26-13-15-32-16-14-26)24(31)25-17-19-4-7-21(8-5-19)28-12-1-3-23(28)30/h4-5,7-8,20H,1-3,6,9-18H2,(H,25,31)/t20-/m1/s1. The summed E-state index contributed by atoms with van der Waals surface area (Å²) in [5.41, 5.74) is 1.92. The molecule has 174 valence electrons.